The highest BCUT2D eigenvalue weighted by Crippen LogP contribution is 2.16. The zero-order valence-corrected chi connectivity index (χ0v) is 10.8. The first-order chi connectivity index (χ1) is 8.61. The Balaban J connectivity index is 2.05. The Bertz CT molecular complexity index is 460. The summed E-state index contributed by atoms with van der Waals surface area (Å²) < 4.78 is 4.81. The first-order valence-electron chi connectivity index (χ1n) is 5.71. The van der Waals surface area contributed by atoms with Crippen LogP contribution in [0.25, 0.3) is 0 Å². The zero-order valence-electron chi connectivity index (χ0n) is 9.96. The summed E-state index contributed by atoms with van der Waals surface area (Å²) in [5.74, 6) is -0.763. The number of carbonyl (C=O) groups is 2. The van der Waals surface area contributed by atoms with E-state index in [1.165, 1.54) is 4.90 Å². The smallest absolute Gasteiger partial charge is 0.367 e. The maximum Gasteiger partial charge on any atom is 0.367 e. The number of thiazole rings is 1. The van der Waals surface area contributed by atoms with Gasteiger partial charge < -0.3 is 14.7 Å². The standard InChI is InChI=1S/C11H14N2O4S/c1-2-17-11(16)9-12-8(6-18-9)10(15)13-4-3-7(14)5-13/h6-7,14H,2-5H2,1H3. The van der Waals surface area contributed by atoms with E-state index in [1.807, 2.05) is 0 Å². The number of hydrogen-bond donors (Lipinski definition) is 1. The molecule has 98 valence electrons. The van der Waals surface area contributed by atoms with Gasteiger partial charge in [-0.05, 0) is 13.3 Å². The van der Waals surface area contributed by atoms with Gasteiger partial charge in [-0.1, -0.05) is 0 Å². The Morgan fingerprint density at radius 3 is 3.06 bits per heavy atom. The Labute approximate surface area is 108 Å². The van der Waals surface area contributed by atoms with Gasteiger partial charge in [-0.2, -0.15) is 0 Å². The molecule has 1 amide bonds. The highest BCUT2D eigenvalue weighted by atomic mass is 32.1. The summed E-state index contributed by atoms with van der Waals surface area (Å²) in [5.41, 5.74) is 0.233. The Morgan fingerprint density at radius 2 is 2.44 bits per heavy atom. The third kappa shape index (κ3) is 2.68. The van der Waals surface area contributed by atoms with Crippen molar-refractivity contribution < 1.29 is 19.4 Å². The Kier molecular flexibility index (Phi) is 3.93. The summed E-state index contributed by atoms with van der Waals surface area (Å²) in [4.78, 5) is 28.9. The van der Waals surface area contributed by atoms with Crippen LogP contribution < -0.4 is 0 Å². The average Bonchev–Trinajstić information content (AvgIpc) is 2.97. The Morgan fingerprint density at radius 1 is 1.67 bits per heavy atom. The van der Waals surface area contributed by atoms with Crippen molar-refractivity contribution in [3.63, 3.8) is 0 Å². The summed E-state index contributed by atoms with van der Waals surface area (Å²) in [7, 11) is 0. The second-order valence-corrected chi connectivity index (χ2v) is 4.81. The molecule has 0 aliphatic carbocycles. The number of ether oxygens (including phenoxy) is 1. The lowest BCUT2D eigenvalue weighted by atomic mass is 10.3. The van der Waals surface area contributed by atoms with Gasteiger partial charge in [-0.3, -0.25) is 4.79 Å². The third-order valence-corrected chi connectivity index (χ3v) is 3.45. The molecule has 1 N–H and O–H groups in total. The van der Waals surface area contributed by atoms with Crippen LogP contribution in [-0.4, -0.2) is 52.7 Å². The minimum absolute atomic E-state index is 0.181. The number of rotatable bonds is 3. The average molecular weight is 270 g/mol. The van der Waals surface area contributed by atoms with Gasteiger partial charge in [-0.25, -0.2) is 9.78 Å². The molecule has 2 heterocycles. The summed E-state index contributed by atoms with van der Waals surface area (Å²) in [5, 5.41) is 11.1. The van der Waals surface area contributed by atoms with Crippen molar-refractivity contribution in [2.45, 2.75) is 19.4 Å². The van der Waals surface area contributed by atoms with Gasteiger partial charge >= 0.3 is 5.97 Å². The number of esters is 1. The quantitative estimate of drug-likeness (QED) is 0.810. The van der Waals surface area contributed by atoms with Gasteiger partial charge in [0.2, 0.25) is 5.01 Å². The molecule has 0 bridgehead atoms. The molecule has 1 aliphatic heterocycles. The molecule has 1 atom stereocenters. The predicted octanol–water partition coefficient (Wildman–Crippen LogP) is 0.527. The minimum Gasteiger partial charge on any atom is -0.461 e. The van der Waals surface area contributed by atoms with Crippen molar-refractivity contribution >= 4 is 23.2 Å². The topological polar surface area (TPSA) is 79.7 Å². The van der Waals surface area contributed by atoms with Crippen molar-refractivity contribution in [3.05, 3.63) is 16.1 Å². The van der Waals surface area contributed by atoms with Crippen LogP contribution in [0.15, 0.2) is 5.38 Å². The van der Waals surface area contributed by atoms with Crippen LogP contribution in [0.4, 0.5) is 0 Å². The molecular formula is C11H14N2O4S. The molecule has 6 nitrogen and oxygen atoms in total. The van der Waals surface area contributed by atoms with Crippen LogP contribution in [-0.2, 0) is 4.74 Å². The molecule has 2 rings (SSSR count). The van der Waals surface area contributed by atoms with Crippen molar-refractivity contribution in [2.75, 3.05) is 19.7 Å². The molecule has 0 aromatic carbocycles. The molecule has 1 aliphatic rings. The Hall–Kier alpha value is -1.47. The predicted molar refractivity (Wildman–Crippen MR) is 64.6 cm³/mol. The fourth-order valence-corrected chi connectivity index (χ4v) is 2.43. The van der Waals surface area contributed by atoms with E-state index in [2.05, 4.69) is 4.98 Å². The lowest BCUT2D eigenvalue weighted by Gasteiger charge is -2.13. The van der Waals surface area contributed by atoms with E-state index in [0.29, 0.717) is 19.5 Å². The van der Waals surface area contributed by atoms with Crippen LogP contribution in [0.5, 0.6) is 0 Å². The third-order valence-electron chi connectivity index (χ3n) is 2.62. The largest absolute Gasteiger partial charge is 0.461 e. The maximum atomic E-state index is 12.0. The van der Waals surface area contributed by atoms with E-state index in [9.17, 15) is 14.7 Å². The maximum absolute atomic E-state index is 12.0. The molecule has 1 aromatic rings. The normalized spacial score (nSPS) is 19.0. The molecule has 1 fully saturated rings. The van der Waals surface area contributed by atoms with Crippen LogP contribution in [0, 0.1) is 0 Å². The minimum atomic E-state index is -0.511. The lowest BCUT2D eigenvalue weighted by Crippen LogP contribution is -2.29. The number of aliphatic hydroxyl groups is 1. The van der Waals surface area contributed by atoms with Crippen molar-refractivity contribution in [2.24, 2.45) is 0 Å². The van der Waals surface area contributed by atoms with Crippen LogP contribution in [0.2, 0.25) is 0 Å². The molecule has 0 spiro atoms. The molecule has 1 unspecified atom stereocenters. The zero-order chi connectivity index (χ0) is 13.1. The van der Waals surface area contributed by atoms with E-state index in [-0.39, 0.29) is 23.2 Å². The number of β-amino-alcohol motifs (C(OH)–C–C–N with tert-alkyl or cyclic N) is 1. The fourth-order valence-electron chi connectivity index (χ4n) is 1.75. The molecule has 1 saturated heterocycles. The molecule has 1 aromatic heterocycles. The summed E-state index contributed by atoms with van der Waals surface area (Å²) in [6.45, 7) is 2.83. The molecular weight excluding hydrogens is 256 g/mol. The number of hydrogen-bond acceptors (Lipinski definition) is 6. The number of carbonyl (C=O) groups excluding carboxylic acids is 2. The van der Waals surface area contributed by atoms with Gasteiger partial charge in [0.1, 0.15) is 5.69 Å². The molecule has 0 radical (unpaired) electrons. The monoisotopic (exact) mass is 270 g/mol. The van der Waals surface area contributed by atoms with Crippen molar-refractivity contribution in [3.8, 4) is 0 Å². The van der Waals surface area contributed by atoms with E-state index < -0.39 is 12.1 Å². The van der Waals surface area contributed by atoms with Crippen molar-refractivity contribution in [1.82, 2.24) is 9.88 Å². The SMILES string of the molecule is CCOC(=O)c1nc(C(=O)N2CCC(O)C2)cs1. The number of aliphatic hydroxyl groups excluding tert-OH is 1. The van der Waals surface area contributed by atoms with E-state index in [1.54, 1.807) is 12.3 Å². The van der Waals surface area contributed by atoms with E-state index in [4.69, 9.17) is 4.74 Å². The first-order valence-corrected chi connectivity index (χ1v) is 6.59. The lowest BCUT2D eigenvalue weighted by molar-refractivity contribution is 0.0525. The van der Waals surface area contributed by atoms with Crippen LogP contribution in [0.3, 0.4) is 0 Å². The highest BCUT2D eigenvalue weighted by Gasteiger charge is 2.27. The second kappa shape index (κ2) is 5.45. The molecule has 7 heteroatoms. The highest BCUT2D eigenvalue weighted by molar-refractivity contribution is 7.11. The van der Waals surface area contributed by atoms with Gasteiger partial charge in [0.25, 0.3) is 5.91 Å². The van der Waals surface area contributed by atoms with Crippen LogP contribution >= 0.6 is 11.3 Å². The second-order valence-electron chi connectivity index (χ2n) is 3.95. The van der Waals surface area contributed by atoms with Gasteiger partial charge in [0, 0.05) is 18.5 Å². The van der Waals surface area contributed by atoms with Crippen molar-refractivity contribution in [1.29, 1.82) is 0 Å². The number of likely N-dealkylation sites (tertiary alicyclic amines) is 1. The summed E-state index contributed by atoms with van der Waals surface area (Å²) >= 11 is 1.09. The summed E-state index contributed by atoms with van der Waals surface area (Å²) in [6.07, 6.45) is 0.123. The molecule has 18 heavy (non-hydrogen) atoms. The van der Waals surface area contributed by atoms with E-state index >= 15 is 0 Å². The van der Waals surface area contributed by atoms with Crippen LogP contribution in [0.1, 0.15) is 33.6 Å². The van der Waals surface area contributed by atoms with Gasteiger partial charge in [0.05, 0.1) is 12.7 Å². The van der Waals surface area contributed by atoms with Gasteiger partial charge in [0.15, 0.2) is 0 Å². The summed E-state index contributed by atoms with van der Waals surface area (Å²) in [6, 6.07) is 0. The van der Waals surface area contributed by atoms with E-state index in [0.717, 1.165) is 11.3 Å². The number of aromatic nitrogens is 1. The first kappa shape index (κ1) is 13.0. The number of nitrogens with zero attached hydrogens (tertiary/aromatic N) is 2. The number of amides is 1. The van der Waals surface area contributed by atoms with Gasteiger partial charge in [-0.15, -0.1) is 11.3 Å². The fraction of sp³-hybridized carbons (Fsp3) is 0.545. The molecule has 0 saturated carbocycles.